The zero-order valence-electron chi connectivity index (χ0n) is 13.4. The zero-order chi connectivity index (χ0) is 15.1. The summed E-state index contributed by atoms with van der Waals surface area (Å²) in [6.07, 6.45) is 1.04. The molecular formula is C19H24O. The van der Waals surface area contributed by atoms with Gasteiger partial charge in [0.1, 0.15) is 0 Å². The molecule has 1 heteroatoms. The molecule has 0 fully saturated rings. The maximum atomic E-state index is 11.8. The van der Waals surface area contributed by atoms with Crippen molar-refractivity contribution in [3.8, 4) is 0 Å². The summed E-state index contributed by atoms with van der Waals surface area (Å²) < 4.78 is 0. The predicted molar refractivity (Wildman–Crippen MR) is 86.7 cm³/mol. The summed E-state index contributed by atoms with van der Waals surface area (Å²) in [5.74, 6) is 0. The van der Waals surface area contributed by atoms with E-state index < -0.39 is 0 Å². The molecule has 2 aromatic carbocycles. The smallest absolute Gasteiger partial charge is 0.150 e. The van der Waals surface area contributed by atoms with E-state index in [1.54, 1.807) is 0 Å². The number of carbonyl (C=O) groups excluding carboxylic acids is 1. The van der Waals surface area contributed by atoms with Crippen LogP contribution in [-0.4, -0.2) is 6.29 Å². The third-order valence-corrected chi connectivity index (χ3v) is 3.77. The van der Waals surface area contributed by atoms with E-state index in [2.05, 4.69) is 65.8 Å². The highest BCUT2D eigenvalue weighted by Gasteiger charge is 2.27. The second-order valence-electron chi connectivity index (χ2n) is 7.55. The molecule has 20 heavy (non-hydrogen) atoms. The van der Waals surface area contributed by atoms with Crippen molar-refractivity contribution in [3.05, 3.63) is 47.0 Å². The highest BCUT2D eigenvalue weighted by atomic mass is 16.1. The van der Waals surface area contributed by atoms with Gasteiger partial charge in [-0.25, -0.2) is 0 Å². The summed E-state index contributed by atoms with van der Waals surface area (Å²) in [5.41, 5.74) is 3.06. The van der Waals surface area contributed by atoms with Crippen LogP contribution in [0, 0.1) is 0 Å². The largest absolute Gasteiger partial charge is 0.298 e. The first kappa shape index (κ1) is 14.8. The lowest BCUT2D eigenvalue weighted by Gasteiger charge is -2.29. The minimum Gasteiger partial charge on any atom is -0.298 e. The van der Waals surface area contributed by atoms with E-state index in [9.17, 15) is 4.79 Å². The number of carbonyl (C=O) groups is 1. The van der Waals surface area contributed by atoms with Crippen LogP contribution >= 0.6 is 0 Å². The summed E-state index contributed by atoms with van der Waals surface area (Å²) in [6, 6.07) is 10.5. The Bertz CT molecular complexity index is 652. The zero-order valence-corrected chi connectivity index (χ0v) is 13.4. The summed E-state index contributed by atoms with van der Waals surface area (Å²) in [5, 5.41) is 2.41. The fourth-order valence-electron chi connectivity index (χ4n) is 2.91. The van der Waals surface area contributed by atoms with Gasteiger partial charge in [0.15, 0.2) is 6.29 Å². The van der Waals surface area contributed by atoms with Crippen molar-refractivity contribution in [1.82, 2.24) is 0 Å². The average molecular weight is 268 g/mol. The quantitative estimate of drug-likeness (QED) is 0.646. The Kier molecular flexibility index (Phi) is 3.49. The van der Waals surface area contributed by atoms with Crippen molar-refractivity contribution < 1.29 is 4.79 Å². The number of fused-ring (bicyclic) bond motifs is 1. The maximum Gasteiger partial charge on any atom is 0.150 e. The normalized spacial score (nSPS) is 12.7. The van der Waals surface area contributed by atoms with Crippen molar-refractivity contribution in [2.45, 2.75) is 52.4 Å². The monoisotopic (exact) mass is 268 g/mol. The average Bonchev–Trinajstić information content (AvgIpc) is 2.34. The van der Waals surface area contributed by atoms with Gasteiger partial charge in [-0.05, 0) is 38.8 Å². The van der Waals surface area contributed by atoms with Crippen molar-refractivity contribution in [2.24, 2.45) is 0 Å². The second-order valence-corrected chi connectivity index (χ2v) is 7.55. The van der Waals surface area contributed by atoms with Crippen molar-refractivity contribution >= 4 is 17.1 Å². The van der Waals surface area contributed by atoms with E-state index in [4.69, 9.17) is 0 Å². The van der Waals surface area contributed by atoms with Crippen LogP contribution in [-0.2, 0) is 10.8 Å². The van der Waals surface area contributed by atoms with Gasteiger partial charge in [-0.1, -0.05) is 65.8 Å². The molecule has 0 saturated carbocycles. The molecule has 0 bridgehead atoms. The van der Waals surface area contributed by atoms with E-state index in [-0.39, 0.29) is 10.8 Å². The van der Waals surface area contributed by atoms with Crippen molar-refractivity contribution in [2.75, 3.05) is 0 Å². The molecule has 0 atom stereocenters. The third-order valence-electron chi connectivity index (χ3n) is 3.77. The molecule has 0 radical (unpaired) electrons. The minimum absolute atomic E-state index is 0.0414. The summed E-state index contributed by atoms with van der Waals surface area (Å²) in [4.78, 5) is 11.8. The number of aldehydes is 1. The first-order valence-corrected chi connectivity index (χ1v) is 7.18. The summed E-state index contributed by atoms with van der Waals surface area (Å²) in [7, 11) is 0. The van der Waals surface area contributed by atoms with Crippen LogP contribution in [0.15, 0.2) is 30.3 Å². The number of hydrogen-bond acceptors (Lipinski definition) is 1. The van der Waals surface area contributed by atoms with Crippen LogP contribution in [0.2, 0.25) is 0 Å². The number of hydrogen-bond donors (Lipinski definition) is 0. The van der Waals surface area contributed by atoms with E-state index in [1.807, 2.05) is 6.07 Å². The highest BCUT2D eigenvalue weighted by molar-refractivity contribution is 5.96. The highest BCUT2D eigenvalue weighted by Crippen LogP contribution is 2.38. The van der Waals surface area contributed by atoms with E-state index in [0.717, 1.165) is 23.0 Å². The standard InChI is InChI=1S/C19H24O/c1-18(2,3)16-11-13-9-7-8-10-14(13)17(15(16)12-20)19(4,5)6/h7-12H,1-6H3. The fourth-order valence-corrected chi connectivity index (χ4v) is 2.91. The Labute approximate surface area is 122 Å². The van der Waals surface area contributed by atoms with Gasteiger partial charge in [0, 0.05) is 5.56 Å². The van der Waals surface area contributed by atoms with E-state index in [0.29, 0.717) is 0 Å². The first-order valence-electron chi connectivity index (χ1n) is 7.18. The van der Waals surface area contributed by atoms with Gasteiger partial charge < -0.3 is 0 Å². The first-order chi connectivity index (χ1) is 9.16. The van der Waals surface area contributed by atoms with Crippen LogP contribution in [0.5, 0.6) is 0 Å². The van der Waals surface area contributed by atoms with Gasteiger partial charge >= 0.3 is 0 Å². The Morgan fingerprint density at radius 3 is 2.00 bits per heavy atom. The fraction of sp³-hybridized carbons (Fsp3) is 0.421. The maximum absolute atomic E-state index is 11.8. The van der Waals surface area contributed by atoms with Crippen LogP contribution in [0.25, 0.3) is 10.8 Å². The Morgan fingerprint density at radius 1 is 0.900 bits per heavy atom. The molecule has 2 rings (SSSR count). The molecular weight excluding hydrogens is 244 g/mol. The molecule has 0 aliphatic heterocycles. The van der Waals surface area contributed by atoms with Gasteiger partial charge in [-0.2, -0.15) is 0 Å². The summed E-state index contributed by atoms with van der Waals surface area (Å²) in [6.45, 7) is 13.0. The second kappa shape index (κ2) is 4.73. The van der Waals surface area contributed by atoms with Gasteiger partial charge in [0.2, 0.25) is 0 Å². The molecule has 0 heterocycles. The third kappa shape index (κ3) is 2.49. The molecule has 0 spiro atoms. The molecule has 0 unspecified atom stereocenters. The predicted octanol–water partition coefficient (Wildman–Crippen LogP) is 5.25. The van der Waals surface area contributed by atoms with Gasteiger partial charge in [-0.15, -0.1) is 0 Å². The van der Waals surface area contributed by atoms with Crippen molar-refractivity contribution in [3.63, 3.8) is 0 Å². The van der Waals surface area contributed by atoms with Gasteiger partial charge in [-0.3, -0.25) is 4.79 Å². The van der Waals surface area contributed by atoms with Crippen LogP contribution in [0.4, 0.5) is 0 Å². The lowest BCUT2D eigenvalue weighted by Crippen LogP contribution is -2.21. The van der Waals surface area contributed by atoms with E-state index >= 15 is 0 Å². The van der Waals surface area contributed by atoms with Crippen LogP contribution in [0.1, 0.15) is 63.0 Å². The molecule has 0 N–H and O–H groups in total. The van der Waals surface area contributed by atoms with Crippen molar-refractivity contribution in [1.29, 1.82) is 0 Å². The number of rotatable bonds is 1. The SMILES string of the molecule is CC(C)(C)c1cc2ccccc2c(C(C)(C)C)c1C=O. The van der Waals surface area contributed by atoms with Gasteiger partial charge in [0.05, 0.1) is 0 Å². The summed E-state index contributed by atoms with van der Waals surface area (Å²) >= 11 is 0. The molecule has 106 valence electrons. The van der Waals surface area contributed by atoms with Gasteiger partial charge in [0.25, 0.3) is 0 Å². The minimum atomic E-state index is -0.0584. The molecule has 0 aromatic heterocycles. The molecule has 0 amide bonds. The molecule has 1 nitrogen and oxygen atoms in total. The molecule has 0 aliphatic carbocycles. The Hall–Kier alpha value is -1.63. The Balaban J connectivity index is 3.01. The van der Waals surface area contributed by atoms with Crippen LogP contribution < -0.4 is 0 Å². The van der Waals surface area contributed by atoms with E-state index in [1.165, 1.54) is 10.8 Å². The lowest BCUT2D eigenvalue weighted by molar-refractivity contribution is 0.111. The molecule has 0 aliphatic rings. The molecule has 2 aromatic rings. The number of benzene rings is 2. The molecule has 0 saturated heterocycles. The topological polar surface area (TPSA) is 17.1 Å². The lowest BCUT2D eigenvalue weighted by atomic mass is 9.74. The Morgan fingerprint density at radius 2 is 1.50 bits per heavy atom. The van der Waals surface area contributed by atoms with Crippen LogP contribution in [0.3, 0.4) is 0 Å².